The molecule has 146 valence electrons. The number of thioether (sulfide) groups is 1. The molecule has 0 aliphatic rings. The molecule has 3 rings (SSSR count). The van der Waals surface area contributed by atoms with Crippen LogP contribution in [0.15, 0.2) is 29.6 Å². The number of ether oxygens (including phenoxy) is 1. The minimum Gasteiger partial charge on any atom is -0.462 e. The minimum absolute atomic E-state index is 0.0737. The molecule has 0 unspecified atom stereocenters. The zero-order chi connectivity index (χ0) is 20.3. The zero-order valence-corrected chi connectivity index (χ0v) is 17.1. The molecular weight excluding hydrogens is 400 g/mol. The lowest BCUT2D eigenvalue weighted by Gasteiger charge is -2.07. The molecule has 8 nitrogen and oxygen atoms in total. The molecule has 0 saturated heterocycles. The second kappa shape index (κ2) is 8.53. The van der Waals surface area contributed by atoms with E-state index in [-0.39, 0.29) is 29.6 Å². The van der Waals surface area contributed by atoms with Crippen LogP contribution >= 0.6 is 23.1 Å². The van der Waals surface area contributed by atoms with Crippen LogP contribution in [0.1, 0.15) is 39.4 Å². The van der Waals surface area contributed by atoms with Crippen molar-refractivity contribution in [3.8, 4) is 0 Å². The maximum absolute atomic E-state index is 12.4. The van der Waals surface area contributed by atoms with Crippen molar-refractivity contribution in [2.45, 2.75) is 25.9 Å². The third-order valence-corrected chi connectivity index (χ3v) is 6.07. The van der Waals surface area contributed by atoms with Gasteiger partial charge in [-0.2, -0.15) is 0 Å². The largest absolute Gasteiger partial charge is 0.462 e. The Morgan fingerprint density at radius 3 is 2.79 bits per heavy atom. The highest BCUT2D eigenvalue weighted by Gasteiger charge is 2.25. The van der Waals surface area contributed by atoms with Crippen LogP contribution in [-0.4, -0.2) is 44.6 Å². The Bertz CT molecular complexity index is 1060. The van der Waals surface area contributed by atoms with Crippen LogP contribution in [0.2, 0.25) is 0 Å². The quantitative estimate of drug-likeness (QED) is 0.357. The molecule has 0 aromatic carbocycles. The van der Waals surface area contributed by atoms with E-state index >= 15 is 0 Å². The lowest BCUT2D eigenvalue weighted by atomic mass is 10.1. The molecule has 0 saturated carbocycles. The first-order chi connectivity index (χ1) is 13.4. The van der Waals surface area contributed by atoms with Crippen LogP contribution in [0, 0.1) is 6.92 Å². The number of hydrogen-bond acceptors (Lipinski definition) is 8. The molecule has 28 heavy (non-hydrogen) atoms. The van der Waals surface area contributed by atoms with Crippen molar-refractivity contribution in [1.82, 2.24) is 14.6 Å². The predicted octanol–water partition coefficient (Wildman–Crippen LogP) is 3.21. The summed E-state index contributed by atoms with van der Waals surface area (Å²) in [6, 6.07) is 5.53. The van der Waals surface area contributed by atoms with Crippen LogP contribution in [0.4, 0.5) is 5.00 Å². The van der Waals surface area contributed by atoms with Crippen LogP contribution < -0.4 is 5.32 Å². The summed E-state index contributed by atoms with van der Waals surface area (Å²) >= 11 is 2.30. The van der Waals surface area contributed by atoms with E-state index in [4.69, 9.17) is 4.74 Å². The van der Waals surface area contributed by atoms with Gasteiger partial charge in [-0.05, 0) is 38.5 Å². The van der Waals surface area contributed by atoms with E-state index in [1.165, 1.54) is 18.7 Å². The van der Waals surface area contributed by atoms with Gasteiger partial charge in [0.25, 0.3) is 0 Å². The maximum Gasteiger partial charge on any atom is 0.341 e. The highest BCUT2D eigenvalue weighted by atomic mass is 32.2. The first kappa shape index (κ1) is 20.0. The van der Waals surface area contributed by atoms with E-state index < -0.39 is 5.97 Å². The Kier molecular flexibility index (Phi) is 6.10. The Hall–Kier alpha value is -2.72. The number of fused-ring (bicyclic) bond motifs is 1. The van der Waals surface area contributed by atoms with Gasteiger partial charge in [0, 0.05) is 6.20 Å². The van der Waals surface area contributed by atoms with Gasteiger partial charge in [0.15, 0.2) is 16.6 Å². The second-order valence-corrected chi connectivity index (χ2v) is 7.75. The Morgan fingerprint density at radius 1 is 1.29 bits per heavy atom. The molecule has 3 heterocycles. The van der Waals surface area contributed by atoms with Gasteiger partial charge in [0.1, 0.15) is 5.00 Å². The summed E-state index contributed by atoms with van der Waals surface area (Å²) in [5.41, 5.74) is 1.43. The summed E-state index contributed by atoms with van der Waals surface area (Å²) in [4.78, 5) is 37.0. The third-order valence-electron chi connectivity index (χ3n) is 3.81. The monoisotopic (exact) mass is 418 g/mol. The highest BCUT2D eigenvalue weighted by Crippen LogP contribution is 2.34. The number of esters is 1. The number of nitrogens with one attached hydrogen (secondary N) is 1. The molecular formula is C18H18N4O4S2. The number of nitrogens with zero attached hydrogens (tertiary/aromatic N) is 3. The number of anilines is 1. The minimum atomic E-state index is -0.560. The van der Waals surface area contributed by atoms with Gasteiger partial charge in [-0.1, -0.05) is 17.8 Å². The number of thiophene rings is 1. The van der Waals surface area contributed by atoms with E-state index in [1.54, 1.807) is 18.2 Å². The molecule has 1 amide bonds. The second-order valence-electron chi connectivity index (χ2n) is 5.79. The van der Waals surface area contributed by atoms with Gasteiger partial charge in [-0.25, -0.2) is 4.79 Å². The fraction of sp³-hybridized carbons (Fsp3) is 0.278. The molecule has 3 aromatic heterocycles. The van der Waals surface area contributed by atoms with Crippen molar-refractivity contribution in [3.05, 3.63) is 40.4 Å². The van der Waals surface area contributed by atoms with E-state index in [0.717, 1.165) is 11.3 Å². The van der Waals surface area contributed by atoms with E-state index in [1.807, 2.05) is 24.4 Å². The molecule has 3 aromatic rings. The van der Waals surface area contributed by atoms with Crippen LogP contribution in [0.25, 0.3) is 5.65 Å². The van der Waals surface area contributed by atoms with Crippen LogP contribution in [0.3, 0.4) is 0 Å². The van der Waals surface area contributed by atoms with E-state index in [9.17, 15) is 14.4 Å². The van der Waals surface area contributed by atoms with Crippen LogP contribution in [0.5, 0.6) is 0 Å². The number of ketones is 1. The Labute approximate surface area is 169 Å². The van der Waals surface area contributed by atoms with Gasteiger partial charge in [-0.3, -0.25) is 14.0 Å². The number of carbonyl (C=O) groups excluding carboxylic acids is 3. The molecule has 0 bridgehead atoms. The lowest BCUT2D eigenvalue weighted by Crippen LogP contribution is -2.16. The van der Waals surface area contributed by atoms with Crippen molar-refractivity contribution in [3.63, 3.8) is 0 Å². The lowest BCUT2D eigenvalue weighted by molar-refractivity contribution is -0.113. The molecule has 0 atom stereocenters. The van der Waals surface area contributed by atoms with E-state index in [0.29, 0.717) is 26.2 Å². The summed E-state index contributed by atoms with van der Waals surface area (Å²) < 4.78 is 6.85. The maximum atomic E-state index is 12.4. The van der Waals surface area contributed by atoms with Crippen molar-refractivity contribution >= 4 is 51.4 Å². The first-order valence-electron chi connectivity index (χ1n) is 8.46. The molecule has 0 aliphatic carbocycles. The van der Waals surface area contributed by atoms with Crippen molar-refractivity contribution in [2.75, 3.05) is 17.7 Å². The van der Waals surface area contributed by atoms with Gasteiger partial charge >= 0.3 is 5.97 Å². The van der Waals surface area contributed by atoms with Gasteiger partial charge in [0.2, 0.25) is 5.91 Å². The highest BCUT2D eigenvalue weighted by molar-refractivity contribution is 7.99. The fourth-order valence-electron chi connectivity index (χ4n) is 2.60. The third kappa shape index (κ3) is 4.07. The van der Waals surface area contributed by atoms with Gasteiger partial charge in [-0.15, -0.1) is 21.5 Å². The number of pyridine rings is 1. The number of rotatable bonds is 7. The summed E-state index contributed by atoms with van der Waals surface area (Å²) in [7, 11) is 0. The first-order valence-corrected chi connectivity index (χ1v) is 10.3. The van der Waals surface area contributed by atoms with Crippen LogP contribution in [-0.2, 0) is 9.53 Å². The van der Waals surface area contributed by atoms with Gasteiger partial charge in [0.05, 0.1) is 22.8 Å². The number of hydrogen-bond donors (Lipinski definition) is 1. The normalized spacial score (nSPS) is 10.8. The summed E-state index contributed by atoms with van der Waals surface area (Å²) in [5, 5.41) is 11.7. The standard InChI is InChI=1S/C18H18N4O4S2/c1-4-26-17(25)14-10(2)15(11(3)23)28-16(14)19-13(24)9-27-18-21-20-12-7-5-6-8-22(12)18/h5-8H,4,9H2,1-3H3,(H,19,24). The van der Waals surface area contributed by atoms with Crippen molar-refractivity contribution in [2.24, 2.45) is 0 Å². The number of Topliss-reactive ketones (excluding diaryl/α,β-unsaturated/α-hetero) is 1. The smallest absolute Gasteiger partial charge is 0.341 e. The molecule has 0 spiro atoms. The van der Waals surface area contributed by atoms with E-state index in [2.05, 4.69) is 15.5 Å². The molecule has 0 fully saturated rings. The SMILES string of the molecule is CCOC(=O)c1c(NC(=O)CSc2nnc3ccccn23)sc(C(C)=O)c1C. The fourth-order valence-corrected chi connectivity index (χ4v) is 4.43. The predicted molar refractivity (Wildman–Crippen MR) is 107 cm³/mol. The number of amides is 1. The van der Waals surface area contributed by atoms with Gasteiger partial charge < -0.3 is 10.1 Å². The van der Waals surface area contributed by atoms with Crippen molar-refractivity contribution < 1.29 is 19.1 Å². The molecule has 1 N–H and O–H groups in total. The topological polar surface area (TPSA) is 103 Å². The molecule has 10 heteroatoms. The molecule has 0 radical (unpaired) electrons. The number of aromatic nitrogens is 3. The average molecular weight is 419 g/mol. The Balaban J connectivity index is 1.76. The molecule has 0 aliphatic heterocycles. The van der Waals surface area contributed by atoms with Crippen molar-refractivity contribution in [1.29, 1.82) is 0 Å². The Morgan fingerprint density at radius 2 is 2.07 bits per heavy atom. The summed E-state index contributed by atoms with van der Waals surface area (Å²) in [6.07, 6.45) is 1.82. The summed E-state index contributed by atoms with van der Waals surface area (Å²) in [5.74, 6) is -0.975. The zero-order valence-electron chi connectivity index (χ0n) is 15.5. The number of carbonyl (C=O) groups is 3. The summed E-state index contributed by atoms with van der Waals surface area (Å²) in [6.45, 7) is 4.99. The average Bonchev–Trinajstić information content (AvgIpc) is 3.21.